The summed E-state index contributed by atoms with van der Waals surface area (Å²) in [4.78, 5) is 4.71. The van der Waals surface area contributed by atoms with Crippen LogP contribution in [0.3, 0.4) is 0 Å². The molecule has 0 aliphatic rings. The summed E-state index contributed by atoms with van der Waals surface area (Å²) in [5.74, 6) is 0. The first-order valence-electron chi connectivity index (χ1n) is 14.2. The van der Waals surface area contributed by atoms with Crippen molar-refractivity contribution in [2.24, 2.45) is 0 Å². The fraction of sp³-hybridized carbons (Fsp3) is 0.158. The zero-order valence-electron chi connectivity index (χ0n) is 24.0. The van der Waals surface area contributed by atoms with E-state index in [0.29, 0.717) is 0 Å². The van der Waals surface area contributed by atoms with E-state index in [9.17, 15) is 0 Å². The van der Waals surface area contributed by atoms with Gasteiger partial charge in [0.2, 0.25) is 0 Å². The van der Waals surface area contributed by atoms with Crippen molar-refractivity contribution in [1.29, 1.82) is 0 Å². The smallest absolute Gasteiger partial charge is 0.0462 e. The summed E-state index contributed by atoms with van der Waals surface area (Å²) in [5.41, 5.74) is 12.0. The van der Waals surface area contributed by atoms with Crippen molar-refractivity contribution < 1.29 is 0 Å². The molecule has 200 valence electrons. The second-order valence-electron chi connectivity index (χ2n) is 10.2. The summed E-state index contributed by atoms with van der Waals surface area (Å²) in [6.45, 7) is 10.7. The Labute approximate surface area is 239 Å². The quantitative estimate of drug-likeness (QED) is 0.178. The number of nitrogens with zero attached hydrogens (tertiary/aromatic N) is 2. The second kappa shape index (κ2) is 12.5. The molecular weight excluding hydrogens is 484 g/mol. The van der Waals surface area contributed by atoms with Crippen molar-refractivity contribution in [1.82, 2.24) is 0 Å². The number of hydrogen-bond acceptors (Lipinski definition) is 2. The van der Waals surface area contributed by atoms with Crippen LogP contribution in [0.4, 0.5) is 22.7 Å². The molecule has 0 amide bonds. The van der Waals surface area contributed by atoms with Gasteiger partial charge in [0.15, 0.2) is 0 Å². The van der Waals surface area contributed by atoms with E-state index in [1.165, 1.54) is 39.1 Å². The van der Waals surface area contributed by atoms with Crippen molar-refractivity contribution in [2.75, 3.05) is 22.9 Å². The highest BCUT2D eigenvalue weighted by molar-refractivity contribution is 5.92. The molecule has 0 spiro atoms. The van der Waals surface area contributed by atoms with E-state index >= 15 is 0 Å². The van der Waals surface area contributed by atoms with Gasteiger partial charge in [0.25, 0.3) is 0 Å². The molecule has 0 radical (unpaired) electrons. The molecule has 5 aromatic carbocycles. The number of aryl methyl sites for hydroxylation is 2. The van der Waals surface area contributed by atoms with Gasteiger partial charge in [-0.25, -0.2) is 0 Å². The van der Waals surface area contributed by atoms with Crippen LogP contribution in [-0.4, -0.2) is 13.1 Å². The Bertz CT molecular complexity index is 1500. The van der Waals surface area contributed by atoms with E-state index in [2.05, 4.69) is 171 Å². The molecule has 40 heavy (non-hydrogen) atoms. The van der Waals surface area contributed by atoms with Gasteiger partial charge in [-0.1, -0.05) is 90.0 Å². The van der Waals surface area contributed by atoms with Gasteiger partial charge in [0, 0.05) is 35.8 Å². The minimum Gasteiger partial charge on any atom is -0.372 e. The Balaban J connectivity index is 1.55. The van der Waals surface area contributed by atoms with E-state index < -0.39 is 0 Å². The number of hydrogen-bond donors (Lipinski definition) is 0. The summed E-state index contributed by atoms with van der Waals surface area (Å²) >= 11 is 0. The molecule has 0 aromatic heterocycles. The van der Waals surface area contributed by atoms with E-state index in [4.69, 9.17) is 0 Å². The van der Waals surface area contributed by atoms with Crippen LogP contribution in [-0.2, 0) is 0 Å². The fourth-order valence-corrected chi connectivity index (χ4v) is 5.13. The van der Waals surface area contributed by atoms with Gasteiger partial charge in [-0.3, -0.25) is 0 Å². The first kappa shape index (κ1) is 27.0. The van der Waals surface area contributed by atoms with E-state index in [-0.39, 0.29) is 0 Å². The monoisotopic (exact) mass is 522 g/mol. The maximum absolute atomic E-state index is 2.39. The number of benzene rings is 5. The first-order chi connectivity index (χ1) is 19.6. The molecule has 0 unspecified atom stereocenters. The second-order valence-corrected chi connectivity index (χ2v) is 10.2. The minimum absolute atomic E-state index is 0.990. The largest absolute Gasteiger partial charge is 0.372 e. The lowest BCUT2D eigenvalue weighted by molar-refractivity contribution is 0.866. The van der Waals surface area contributed by atoms with Crippen LogP contribution in [0.2, 0.25) is 0 Å². The zero-order valence-corrected chi connectivity index (χ0v) is 24.0. The molecule has 0 bridgehead atoms. The summed E-state index contributed by atoms with van der Waals surface area (Å²) in [6, 6.07) is 46.0. The third-order valence-corrected chi connectivity index (χ3v) is 7.42. The molecule has 0 saturated carbocycles. The lowest BCUT2D eigenvalue weighted by Crippen LogP contribution is -2.21. The van der Waals surface area contributed by atoms with Crippen LogP contribution in [0.25, 0.3) is 11.6 Å². The van der Waals surface area contributed by atoms with E-state index in [1.807, 2.05) is 0 Å². The highest BCUT2D eigenvalue weighted by Gasteiger charge is 2.13. The van der Waals surface area contributed by atoms with Crippen LogP contribution < -0.4 is 9.80 Å². The fourth-order valence-electron chi connectivity index (χ4n) is 5.13. The lowest BCUT2D eigenvalue weighted by atomic mass is 9.95. The molecule has 0 fully saturated rings. The Hall–Kier alpha value is -4.56. The van der Waals surface area contributed by atoms with Gasteiger partial charge < -0.3 is 9.80 Å². The van der Waals surface area contributed by atoms with Gasteiger partial charge in [0.05, 0.1) is 0 Å². The Kier molecular flexibility index (Phi) is 8.47. The van der Waals surface area contributed by atoms with Crippen LogP contribution in [0.1, 0.15) is 41.7 Å². The van der Waals surface area contributed by atoms with E-state index in [1.54, 1.807) is 0 Å². The third kappa shape index (κ3) is 6.18. The highest BCUT2D eigenvalue weighted by atomic mass is 15.1. The molecule has 5 aromatic rings. The Morgan fingerprint density at radius 3 is 1.55 bits per heavy atom. The van der Waals surface area contributed by atoms with Crippen LogP contribution in [0.15, 0.2) is 127 Å². The molecule has 0 aliphatic carbocycles. The topological polar surface area (TPSA) is 6.48 Å². The summed E-state index contributed by atoms with van der Waals surface area (Å²) in [7, 11) is 0. The summed E-state index contributed by atoms with van der Waals surface area (Å²) in [5, 5.41) is 0. The lowest BCUT2D eigenvalue weighted by Gasteiger charge is -2.26. The van der Waals surface area contributed by atoms with Gasteiger partial charge in [0.1, 0.15) is 0 Å². The van der Waals surface area contributed by atoms with Crippen LogP contribution in [0.5, 0.6) is 0 Å². The van der Waals surface area contributed by atoms with Gasteiger partial charge in [-0.15, -0.1) is 0 Å². The number of rotatable bonds is 9. The van der Waals surface area contributed by atoms with Crippen LogP contribution >= 0.6 is 0 Å². The number of anilines is 4. The third-order valence-electron chi connectivity index (χ3n) is 7.42. The van der Waals surface area contributed by atoms with Gasteiger partial charge >= 0.3 is 0 Å². The molecule has 5 rings (SSSR count). The van der Waals surface area contributed by atoms with Crippen LogP contribution in [0, 0.1) is 13.8 Å². The average Bonchev–Trinajstić information content (AvgIpc) is 3.00. The molecule has 0 saturated heterocycles. The van der Waals surface area contributed by atoms with Gasteiger partial charge in [-0.2, -0.15) is 0 Å². The Morgan fingerprint density at radius 2 is 1.02 bits per heavy atom. The molecule has 2 heteroatoms. The summed E-state index contributed by atoms with van der Waals surface area (Å²) < 4.78 is 0. The average molecular weight is 523 g/mol. The molecule has 2 nitrogen and oxygen atoms in total. The maximum Gasteiger partial charge on any atom is 0.0462 e. The van der Waals surface area contributed by atoms with Crippen molar-refractivity contribution >= 4 is 34.4 Å². The highest BCUT2D eigenvalue weighted by Crippen LogP contribution is 2.36. The Morgan fingerprint density at radius 1 is 0.525 bits per heavy atom. The van der Waals surface area contributed by atoms with Crippen molar-refractivity contribution in [3.8, 4) is 0 Å². The molecule has 0 N–H and O–H groups in total. The van der Waals surface area contributed by atoms with Gasteiger partial charge in [-0.05, 0) is 105 Å². The predicted molar refractivity (Wildman–Crippen MR) is 174 cm³/mol. The minimum atomic E-state index is 0.990. The van der Waals surface area contributed by atoms with Crippen molar-refractivity contribution in [3.05, 3.63) is 155 Å². The normalized spacial score (nSPS) is 11.3. The summed E-state index contributed by atoms with van der Waals surface area (Å²) in [6.07, 6.45) is 2.31. The standard InChI is InChI=1S/C38H38N2/c1-5-39(6-2)37-14-10-13-33(28-37)38(32-11-8-7-9-12-32)27-31-19-25-36(26-20-31)40(34-21-15-29(3)16-22-34)35-23-17-30(4)18-24-35/h7-28H,5-6H2,1-4H3/b38-27+. The molecular formula is C38H38N2. The van der Waals surface area contributed by atoms with Crippen molar-refractivity contribution in [2.45, 2.75) is 27.7 Å². The SMILES string of the molecule is CCN(CC)c1cccc(/C(=C/c2ccc(N(c3ccc(C)cc3)c3ccc(C)cc3)cc2)c2ccccc2)c1. The first-order valence-corrected chi connectivity index (χ1v) is 14.2. The molecule has 0 heterocycles. The zero-order chi connectivity index (χ0) is 27.9. The predicted octanol–water partition coefficient (Wildman–Crippen LogP) is 10.2. The maximum atomic E-state index is 2.39. The molecule has 0 aliphatic heterocycles. The van der Waals surface area contributed by atoms with E-state index in [0.717, 1.165) is 30.2 Å². The van der Waals surface area contributed by atoms with Crippen molar-refractivity contribution in [3.63, 3.8) is 0 Å². The molecule has 0 atom stereocenters.